The van der Waals surface area contributed by atoms with Gasteiger partial charge in [0.25, 0.3) is 0 Å². The van der Waals surface area contributed by atoms with Crippen molar-refractivity contribution in [3.63, 3.8) is 0 Å². The molecule has 1 aliphatic rings. The third-order valence-corrected chi connectivity index (χ3v) is 6.76. The standard InChI is InChI=1S/C15H19NS3/c1-3-16-15(13-5-4-10(2)18-13)14-8-11-9-17-7-6-12(11)19-14/h4-5,8,15-16H,3,6-7,9H2,1-2H3. The van der Waals surface area contributed by atoms with Gasteiger partial charge in [0.05, 0.1) is 6.04 Å². The fourth-order valence-electron chi connectivity index (χ4n) is 2.47. The lowest BCUT2D eigenvalue weighted by Gasteiger charge is -2.14. The van der Waals surface area contributed by atoms with Crippen molar-refractivity contribution in [3.8, 4) is 0 Å². The summed E-state index contributed by atoms with van der Waals surface area (Å²) in [5.74, 6) is 2.49. The van der Waals surface area contributed by atoms with Gasteiger partial charge in [-0.3, -0.25) is 0 Å². The van der Waals surface area contributed by atoms with Crippen LogP contribution in [0.5, 0.6) is 0 Å². The molecule has 0 amide bonds. The number of aryl methyl sites for hydroxylation is 2. The summed E-state index contributed by atoms with van der Waals surface area (Å²) in [6, 6.07) is 7.34. The van der Waals surface area contributed by atoms with Gasteiger partial charge in [-0.2, -0.15) is 11.8 Å². The number of fused-ring (bicyclic) bond motifs is 1. The molecule has 0 radical (unpaired) electrons. The van der Waals surface area contributed by atoms with E-state index < -0.39 is 0 Å². The third kappa shape index (κ3) is 2.92. The summed E-state index contributed by atoms with van der Waals surface area (Å²) in [7, 11) is 0. The van der Waals surface area contributed by atoms with Crippen molar-refractivity contribution < 1.29 is 0 Å². The first kappa shape index (κ1) is 13.7. The molecule has 19 heavy (non-hydrogen) atoms. The maximum absolute atomic E-state index is 3.65. The molecule has 0 saturated heterocycles. The second kappa shape index (κ2) is 6.00. The Bertz CT molecular complexity index is 532. The van der Waals surface area contributed by atoms with Gasteiger partial charge in [-0.05, 0) is 49.4 Å². The number of thioether (sulfide) groups is 1. The van der Waals surface area contributed by atoms with Crippen LogP contribution in [0.15, 0.2) is 18.2 Å². The van der Waals surface area contributed by atoms with Gasteiger partial charge in [-0.1, -0.05) is 6.92 Å². The molecule has 1 N–H and O–H groups in total. The number of thiophene rings is 2. The largest absolute Gasteiger partial charge is 0.305 e. The van der Waals surface area contributed by atoms with Crippen LogP contribution >= 0.6 is 34.4 Å². The molecule has 0 fully saturated rings. The summed E-state index contributed by atoms with van der Waals surface area (Å²) in [6.07, 6.45) is 1.26. The molecule has 2 aromatic rings. The Morgan fingerprint density at radius 3 is 2.84 bits per heavy atom. The van der Waals surface area contributed by atoms with Crippen LogP contribution in [0, 0.1) is 6.92 Å². The minimum Gasteiger partial charge on any atom is -0.305 e. The van der Waals surface area contributed by atoms with E-state index in [1.54, 1.807) is 10.4 Å². The first-order valence-corrected chi connectivity index (χ1v) is 9.55. The van der Waals surface area contributed by atoms with Crippen molar-refractivity contribution in [2.75, 3.05) is 12.3 Å². The van der Waals surface area contributed by atoms with Crippen LogP contribution < -0.4 is 5.32 Å². The van der Waals surface area contributed by atoms with Crippen molar-refractivity contribution >= 4 is 34.4 Å². The van der Waals surface area contributed by atoms with E-state index in [9.17, 15) is 0 Å². The Kier molecular flexibility index (Phi) is 4.32. The highest BCUT2D eigenvalue weighted by molar-refractivity contribution is 7.98. The fraction of sp³-hybridized carbons (Fsp3) is 0.467. The van der Waals surface area contributed by atoms with E-state index in [1.807, 2.05) is 22.7 Å². The average Bonchev–Trinajstić information content (AvgIpc) is 3.01. The van der Waals surface area contributed by atoms with Crippen molar-refractivity contribution in [2.45, 2.75) is 32.1 Å². The molecular weight excluding hydrogens is 290 g/mol. The van der Waals surface area contributed by atoms with Gasteiger partial charge >= 0.3 is 0 Å². The van der Waals surface area contributed by atoms with E-state index in [1.165, 1.54) is 32.6 Å². The van der Waals surface area contributed by atoms with Crippen molar-refractivity contribution in [3.05, 3.63) is 43.3 Å². The molecule has 0 aromatic carbocycles. The summed E-state index contributed by atoms with van der Waals surface area (Å²) >= 11 is 6.00. The zero-order valence-corrected chi connectivity index (χ0v) is 13.8. The molecule has 102 valence electrons. The van der Waals surface area contributed by atoms with Crippen LogP contribution in [0.25, 0.3) is 0 Å². The monoisotopic (exact) mass is 309 g/mol. The average molecular weight is 310 g/mol. The molecule has 4 heteroatoms. The van der Waals surface area contributed by atoms with Crippen molar-refractivity contribution in [1.82, 2.24) is 5.32 Å². The van der Waals surface area contributed by atoms with Gasteiger partial charge in [0.15, 0.2) is 0 Å². The Morgan fingerprint density at radius 1 is 1.26 bits per heavy atom. The quantitative estimate of drug-likeness (QED) is 0.885. The molecule has 0 aliphatic carbocycles. The van der Waals surface area contributed by atoms with Gasteiger partial charge in [0.2, 0.25) is 0 Å². The Hall–Kier alpha value is -0.290. The van der Waals surface area contributed by atoms with Crippen LogP contribution in [0.4, 0.5) is 0 Å². The number of hydrogen-bond donors (Lipinski definition) is 1. The molecule has 0 bridgehead atoms. The van der Waals surface area contributed by atoms with E-state index in [0.717, 1.165) is 6.54 Å². The van der Waals surface area contributed by atoms with Crippen LogP contribution in [-0.2, 0) is 12.2 Å². The van der Waals surface area contributed by atoms with E-state index in [0.29, 0.717) is 6.04 Å². The normalized spacial score (nSPS) is 16.3. The van der Waals surface area contributed by atoms with Gasteiger partial charge < -0.3 is 5.32 Å². The van der Waals surface area contributed by atoms with E-state index >= 15 is 0 Å². The van der Waals surface area contributed by atoms with Crippen molar-refractivity contribution in [1.29, 1.82) is 0 Å². The van der Waals surface area contributed by atoms with E-state index in [2.05, 4.69) is 49.1 Å². The number of hydrogen-bond acceptors (Lipinski definition) is 4. The van der Waals surface area contributed by atoms with E-state index in [-0.39, 0.29) is 0 Å². The highest BCUT2D eigenvalue weighted by Crippen LogP contribution is 2.38. The minimum atomic E-state index is 0.393. The second-order valence-corrected chi connectivity index (χ2v) is 8.43. The Morgan fingerprint density at radius 2 is 2.16 bits per heavy atom. The molecular formula is C15H19NS3. The summed E-state index contributed by atoms with van der Waals surface area (Å²) in [6.45, 7) is 5.39. The fourth-order valence-corrected chi connectivity index (χ4v) is 5.98. The lowest BCUT2D eigenvalue weighted by Crippen LogP contribution is -2.20. The molecule has 1 unspecified atom stereocenters. The zero-order chi connectivity index (χ0) is 13.2. The molecule has 3 rings (SSSR count). The van der Waals surface area contributed by atoms with Crippen molar-refractivity contribution in [2.24, 2.45) is 0 Å². The number of rotatable bonds is 4. The first-order valence-electron chi connectivity index (χ1n) is 6.77. The highest BCUT2D eigenvalue weighted by Gasteiger charge is 2.21. The lowest BCUT2D eigenvalue weighted by molar-refractivity contribution is 0.648. The predicted octanol–water partition coefficient (Wildman–Crippen LogP) is 4.61. The topological polar surface area (TPSA) is 12.0 Å². The van der Waals surface area contributed by atoms with Gasteiger partial charge in [-0.25, -0.2) is 0 Å². The zero-order valence-electron chi connectivity index (χ0n) is 11.4. The Balaban J connectivity index is 1.93. The summed E-state index contributed by atoms with van der Waals surface area (Å²) in [4.78, 5) is 5.96. The second-order valence-electron chi connectivity index (χ2n) is 4.84. The van der Waals surface area contributed by atoms with Crippen LogP contribution in [0.3, 0.4) is 0 Å². The molecule has 1 atom stereocenters. The Labute approximate surface area is 127 Å². The molecule has 0 spiro atoms. The maximum Gasteiger partial charge on any atom is 0.0765 e. The molecule has 2 aromatic heterocycles. The summed E-state index contributed by atoms with van der Waals surface area (Å²) in [5.41, 5.74) is 1.58. The molecule has 1 aliphatic heterocycles. The number of nitrogens with one attached hydrogen (secondary N) is 1. The van der Waals surface area contributed by atoms with Crippen LogP contribution in [-0.4, -0.2) is 12.3 Å². The molecule has 1 nitrogen and oxygen atoms in total. The highest BCUT2D eigenvalue weighted by atomic mass is 32.2. The van der Waals surface area contributed by atoms with Gasteiger partial charge in [0, 0.05) is 25.3 Å². The minimum absolute atomic E-state index is 0.393. The van der Waals surface area contributed by atoms with Gasteiger partial charge in [-0.15, -0.1) is 22.7 Å². The third-order valence-electron chi connectivity index (χ3n) is 3.39. The summed E-state index contributed by atoms with van der Waals surface area (Å²) < 4.78 is 0. The molecule has 0 saturated carbocycles. The summed E-state index contributed by atoms with van der Waals surface area (Å²) in [5, 5.41) is 3.65. The van der Waals surface area contributed by atoms with E-state index in [4.69, 9.17) is 0 Å². The maximum atomic E-state index is 3.65. The van der Waals surface area contributed by atoms with Crippen LogP contribution in [0.1, 0.15) is 38.0 Å². The SMILES string of the molecule is CCNC(c1ccc(C)s1)c1cc2c(s1)CCSC2. The predicted molar refractivity (Wildman–Crippen MR) is 88.8 cm³/mol. The molecule has 3 heterocycles. The van der Waals surface area contributed by atoms with Crippen LogP contribution in [0.2, 0.25) is 0 Å². The lowest BCUT2D eigenvalue weighted by atomic mass is 10.1. The van der Waals surface area contributed by atoms with Gasteiger partial charge in [0.1, 0.15) is 0 Å². The smallest absolute Gasteiger partial charge is 0.0765 e. The first-order chi connectivity index (χ1) is 9.28.